The summed E-state index contributed by atoms with van der Waals surface area (Å²) >= 11 is 6.01. The number of benzene rings is 1. The molecule has 0 saturated carbocycles. The third-order valence-corrected chi connectivity index (χ3v) is 5.44. The number of hydrogen-bond donors (Lipinski definition) is 0. The quantitative estimate of drug-likeness (QED) is 0.825. The van der Waals surface area contributed by atoms with E-state index in [1.54, 1.807) is 6.07 Å². The molecule has 1 atom stereocenters. The Morgan fingerprint density at radius 2 is 1.92 bits per heavy atom. The molecule has 1 saturated heterocycles. The first-order valence-electron chi connectivity index (χ1n) is 9.06. The predicted octanol–water partition coefficient (Wildman–Crippen LogP) is 2.75. The summed E-state index contributed by atoms with van der Waals surface area (Å²) in [6.45, 7) is 6.72. The van der Waals surface area contributed by atoms with Crippen LogP contribution >= 0.6 is 11.6 Å². The molecule has 0 N–H and O–H groups in total. The van der Waals surface area contributed by atoms with Gasteiger partial charge in [0.25, 0.3) is 5.91 Å². The standard InChI is InChI=1S/C19H25ClN2O3/c1-3-21(4-2)18(23)13-7-9-22(10-8-13)19(24)17-12-14-11-15(20)5-6-16(14)25-17/h5-6,11,13,17H,3-4,7-10,12H2,1-2H3. The van der Waals surface area contributed by atoms with Crippen molar-refractivity contribution in [3.63, 3.8) is 0 Å². The van der Waals surface area contributed by atoms with Gasteiger partial charge in [-0.1, -0.05) is 11.6 Å². The van der Waals surface area contributed by atoms with Crippen LogP contribution < -0.4 is 4.74 Å². The highest BCUT2D eigenvalue weighted by Gasteiger charge is 2.35. The topological polar surface area (TPSA) is 49.9 Å². The number of halogens is 1. The summed E-state index contributed by atoms with van der Waals surface area (Å²) in [5, 5.41) is 0.658. The molecule has 6 heteroatoms. The van der Waals surface area contributed by atoms with Gasteiger partial charge in [-0.3, -0.25) is 9.59 Å². The summed E-state index contributed by atoms with van der Waals surface area (Å²) in [7, 11) is 0. The number of ether oxygens (including phenoxy) is 1. The number of likely N-dealkylation sites (tertiary alicyclic amines) is 1. The van der Waals surface area contributed by atoms with Gasteiger partial charge in [0, 0.05) is 43.5 Å². The Morgan fingerprint density at radius 1 is 1.24 bits per heavy atom. The highest BCUT2D eigenvalue weighted by Crippen LogP contribution is 2.32. The second-order valence-electron chi connectivity index (χ2n) is 6.67. The van der Waals surface area contributed by atoms with Gasteiger partial charge in [-0.15, -0.1) is 0 Å². The summed E-state index contributed by atoms with van der Waals surface area (Å²) in [6, 6.07) is 5.46. The van der Waals surface area contributed by atoms with E-state index in [1.807, 2.05) is 35.8 Å². The molecular weight excluding hydrogens is 340 g/mol. The van der Waals surface area contributed by atoms with Crippen molar-refractivity contribution in [3.05, 3.63) is 28.8 Å². The molecule has 2 aliphatic rings. The van der Waals surface area contributed by atoms with Crippen molar-refractivity contribution >= 4 is 23.4 Å². The van der Waals surface area contributed by atoms with E-state index < -0.39 is 6.10 Å². The Bertz CT molecular complexity index is 652. The lowest BCUT2D eigenvalue weighted by atomic mass is 9.94. The van der Waals surface area contributed by atoms with E-state index in [0.717, 1.165) is 37.2 Å². The first-order valence-corrected chi connectivity index (χ1v) is 9.44. The second kappa shape index (κ2) is 7.65. The van der Waals surface area contributed by atoms with Gasteiger partial charge in [0.2, 0.25) is 5.91 Å². The van der Waals surface area contributed by atoms with Crippen molar-refractivity contribution in [2.24, 2.45) is 5.92 Å². The molecule has 3 rings (SSSR count). The van der Waals surface area contributed by atoms with Crippen LogP contribution in [0.15, 0.2) is 18.2 Å². The molecule has 0 aliphatic carbocycles. The maximum atomic E-state index is 12.7. The van der Waals surface area contributed by atoms with Gasteiger partial charge in [-0.05, 0) is 50.5 Å². The molecule has 1 aromatic rings. The number of piperidine rings is 1. The normalized spacial score (nSPS) is 20.1. The Morgan fingerprint density at radius 3 is 2.56 bits per heavy atom. The largest absolute Gasteiger partial charge is 0.480 e. The number of hydrogen-bond acceptors (Lipinski definition) is 3. The summed E-state index contributed by atoms with van der Waals surface area (Å²) in [6.07, 6.45) is 1.55. The Hall–Kier alpha value is -1.75. The van der Waals surface area contributed by atoms with E-state index in [2.05, 4.69) is 0 Å². The van der Waals surface area contributed by atoms with Crippen LogP contribution in [0.4, 0.5) is 0 Å². The highest BCUT2D eigenvalue weighted by atomic mass is 35.5. The van der Waals surface area contributed by atoms with Crippen LogP contribution in [0.1, 0.15) is 32.3 Å². The number of amides is 2. The van der Waals surface area contributed by atoms with Crippen molar-refractivity contribution < 1.29 is 14.3 Å². The van der Waals surface area contributed by atoms with Crippen LogP contribution in [0.2, 0.25) is 5.02 Å². The maximum absolute atomic E-state index is 12.7. The van der Waals surface area contributed by atoms with Gasteiger partial charge in [-0.25, -0.2) is 0 Å². The van der Waals surface area contributed by atoms with Gasteiger partial charge in [0.05, 0.1) is 0 Å². The van der Waals surface area contributed by atoms with E-state index in [-0.39, 0.29) is 17.7 Å². The SMILES string of the molecule is CCN(CC)C(=O)C1CCN(C(=O)C2Cc3cc(Cl)ccc3O2)CC1. The molecule has 25 heavy (non-hydrogen) atoms. The zero-order valence-electron chi connectivity index (χ0n) is 14.8. The van der Waals surface area contributed by atoms with Crippen LogP contribution in [0.25, 0.3) is 0 Å². The second-order valence-corrected chi connectivity index (χ2v) is 7.11. The zero-order valence-corrected chi connectivity index (χ0v) is 15.6. The minimum Gasteiger partial charge on any atom is -0.480 e. The Kier molecular flexibility index (Phi) is 5.52. The Labute approximate surface area is 153 Å². The fourth-order valence-electron chi connectivity index (χ4n) is 3.70. The van der Waals surface area contributed by atoms with E-state index in [0.29, 0.717) is 24.5 Å². The number of nitrogens with zero attached hydrogens (tertiary/aromatic N) is 2. The number of carbonyl (C=O) groups is 2. The Balaban J connectivity index is 1.55. The minimum absolute atomic E-state index is 0.0149. The molecule has 2 heterocycles. The third-order valence-electron chi connectivity index (χ3n) is 5.20. The lowest BCUT2D eigenvalue weighted by Crippen LogP contribution is -2.48. The molecule has 0 aromatic heterocycles. The average Bonchev–Trinajstić information content (AvgIpc) is 3.05. The van der Waals surface area contributed by atoms with Crippen LogP contribution in [-0.2, 0) is 16.0 Å². The van der Waals surface area contributed by atoms with Crippen molar-refractivity contribution in [2.45, 2.75) is 39.2 Å². The number of fused-ring (bicyclic) bond motifs is 1. The smallest absolute Gasteiger partial charge is 0.263 e. The molecular formula is C19H25ClN2O3. The molecule has 2 aliphatic heterocycles. The monoisotopic (exact) mass is 364 g/mol. The van der Waals surface area contributed by atoms with E-state index in [9.17, 15) is 9.59 Å². The van der Waals surface area contributed by atoms with Crippen LogP contribution in [0.5, 0.6) is 5.75 Å². The van der Waals surface area contributed by atoms with Crippen molar-refractivity contribution in [1.82, 2.24) is 9.80 Å². The van der Waals surface area contributed by atoms with Gasteiger partial charge in [0.1, 0.15) is 5.75 Å². The van der Waals surface area contributed by atoms with Crippen LogP contribution in [0, 0.1) is 5.92 Å². The molecule has 136 valence electrons. The first-order chi connectivity index (χ1) is 12.0. The summed E-state index contributed by atoms with van der Waals surface area (Å²) in [5.41, 5.74) is 0.984. The lowest BCUT2D eigenvalue weighted by Gasteiger charge is -2.34. The van der Waals surface area contributed by atoms with Crippen molar-refractivity contribution in [1.29, 1.82) is 0 Å². The lowest BCUT2D eigenvalue weighted by molar-refractivity contribution is -0.143. The number of rotatable bonds is 4. The van der Waals surface area contributed by atoms with E-state index in [4.69, 9.17) is 16.3 Å². The van der Waals surface area contributed by atoms with Gasteiger partial charge >= 0.3 is 0 Å². The molecule has 2 amide bonds. The van der Waals surface area contributed by atoms with Crippen LogP contribution in [0.3, 0.4) is 0 Å². The molecule has 0 radical (unpaired) electrons. The molecule has 0 bridgehead atoms. The predicted molar refractivity (Wildman–Crippen MR) is 96.8 cm³/mol. The van der Waals surface area contributed by atoms with Gasteiger partial charge < -0.3 is 14.5 Å². The molecule has 1 unspecified atom stereocenters. The van der Waals surface area contributed by atoms with Crippen molar-refractivity contribution in [2.75, 3.05) is 26.2 Å². The summed E-state index contributed by atoms with van der Waals surface area (Å²) < 4.78 is 5.80. The van der Waals surface area contributed by atoms with Gasteiger partial charge in [-0.2, -0.15) is 0 Å². The molecule has 0 spiro atoms. The summed E-state index contributed by atoms with van der Waals surface area (Å²) in [4.78, 5) is 28.9. The number of carbonyl (C=O) groups excluding carboxylic acids is 2. The third kappa shape index (κ3) is 3.76. The molecule has 1 aromatic carbocycles. The fourth-order valence-corrected chi connectivity index (χ4v) is 3.89. The fraction of sp³-hybridized carbons (Fsp3) is 0.579. The minimum atomic E-state index is -0.469. The van der Waals surface area contributed by atoms with E-state index >= 15 is 0 Å². The summed E-state index contributed by atoms with van der Waals surface area (Å²) in [5.74, 6) is 1.01. The zero-order chi connectivity index (χ0) is 18.0. The first kappa shape index (κ1) is 18.1. The van der Waals surface area contributed by atoms with Crippen LogP contribution in [-0.4, -0.2) is 53.9 Å². The maximum Gasteiger partial charge on any atom is 0.263 e. The highest BCUT2D eigenvalue weighted by molar-refractivity contribution is 6.30. The average molecular weight is 365 g/mol. The van der Waals surface area contributed by atoms with E-state index in [1.165, 1.54) is 0 Å². The van der Waals surface area contributed by atoms with Crippen molar-refractivity contribution in [3.8, 4) is 5.75 Å². The molecule has 1 fully saturated rings. The van der Waals surface area contributed by atoms with Gasteiger partial charge in [0.15, 0.2) is 6.10 Å². The molecule has 5 nitrogen and oxygen atoms in total.